The fraction of sp³-hybridized carbons (Fsp3) is 0.423. The van der Waals surface area contributed by atoms with Gasteiger partial charge in [0.05, 0.1) is 23.6 Å². The Morgan fingerprint density at radius 1 is 1.11 bits per heavy atom. The number of carboxylic acid groups (broad SMARTS) is 1. The Labute approximate surface area is 204 Å². The number of hydrogen-bond acceptors (Lipinski definition) is 3. The first-order valence-electron chi connectivity index (χ1n) is 11.8. The largest absolute Gasteiger partial charge is 0.481 e. The average molecular weight is 503 g/mol. The van der Waals surface area contributed by atoms with E-state index in [1.165, 1.54) is 12.1 Å². The summed E-state index contributed by atoms with van der Waals surface area (Å²) in [6.45, 7) is -0.630. The van der Waals surface area contributed by atoms with E-state index in [4.69, 9.17) is 5.11 Å². The van der Waals surface area contributed by atoms with Gasteiger partial charge in [-0.05, 0) is 66.8 Å². The number of carboxylic acids is 1. The molecule has 0 aliphatic heterocycles. The third-order valence-corrected chi connectivity index (χ3v) is 7.49. The van der Waals surface area contributed by atoms with Crippen LogP contribution in [0.5, 0.6) is 0 Å². The number of fused-ring (bicyclic) bond motifs is 1. The molecular weight excluding hydrogens is 478 g/mol. The predicted octanol–water partition coefficient (Wildman–Crippen LogP) is 4.99. The van der Waals surface area contributed by atoms with Gasteiger partial charge >= 0.3 is 12.1 Å². The molecule has 2 aromatic heterocycles. The highest BCUT2D eigenvalue weighted by Gasteiger charge is 2.55. The maximum absolute atomic E-state index is 13.3. The number of pyridine rings is 1. The number of aromatic nitrogens is 2. The zero-order chi connectivity index (χ0) is 25.7. The van der Waals surface area contributed by atoms with Crippen LogP contribution >= 0.6 is 0 Å². The van der Waals surface area contributed by atoms with Crippen LogP contribution in [0.3, 0.4) is 0 Å². The van der Waals surface area contributed by atoms with Crippen molar-refractivity contribution in [3.63, 3.8) is 0 Å². The van der Waals surface area contributed by atoms with Gasteiger partial charge in [-0.25, -0.2) is 9.37 Å². The summed E-state index contributed by atoms with van der Waals surface area (Å²) in [6, 6.07) is 6.51. The lowest BCUT2D eigenvalue weighted by Gasteiger charge is -2.56. The van der Waals surface area contributed by atoms with Crippen LogP contribution in [0, 0.1) is 11.3 Å². The molecule has 0 atom stereocenters. The van der Waals surface area contributed by atoms with E-state index in [1.54, 1.807) is 23.0 Å². The molecule has 190 valence electrons. The molecule has 6 nitrogen and oxygen atoms in total. The summed E-state index contributed by atoms with van der Waals surface area (Å²) < 4.78 is 53.6. The van der Waals surface area contributed by atoms with Crippen LogP contribution in [0.15, 0.2) is 42.7 Å². The van der Waals surface area contributed by atoms with Crippen LogP contribution < -0.4 is 5.32 Å². The van der Waals surface area contributed by atoms with Crippen LogP contribution in [0.2, 0.25) is 0 Å². The topological polar surface area (TPSA) is 84.2 Å². The first-order chi connectivity index (χ1) is 17.1. The Morgan fingerprint density at radius 3 is 2.42 bits per heavy atom. The monoisotopic (exact) mass is 503 g/mol. The van der Waals surface area contributed by atoms with Crippen molar-refractivity contribution in [1.82, 2.24) is 14.9 Å². The van der Waals surface area contributed by atoms with Crippen LogP contribution in [0.1, 0.15) is 52.7 Å². The molecule has 2 aliphatic carbocycles. The van der Waals surface area contributed by atoms with Gasteiger partial charge in [-0.3, -0.25) is 9.59 Å². The molecule has 0 radical (unpaired) electrons. The number of benzene rings is 1. The van der Waals surface area contributed by atoms with Crippen molar-refractivity contribution in [3.05, 3.63) is 65.0 Å². The molecule has 1 amide bonds. The van der Waals surface area contributed by atoms with E-state index >= 15 is 0 Å². The van der Waals surface area contributed by atoms with Gasteiger partial charge in [0.1, 0.15) is 12.3 Å². The lowest BCUT2D eigenvalue weighted by Crippen LogP contribution is -2.57. The Balaban J connectivity index is 1.38. The van der Waals surface area contributed by atoms with Gasteiger partial charge in [-0.1, -0.05) is 12.1 Å². The van der Waals surface area contributed by atoms with Crippen LogP contribution in [0.25, 0.3) is 11.0 Å². The minimum Gasteiger partial charge on any atom is -0.481 e. The van der Waals surface area contributed by atoms with Crippen molar-refractivity contribution in [2.45, 2.75) is 50.9 Å². The van der Waals surface area contributed by atoms with Crippen LogP contribution in [-0.2, 0) is 23.9 Å². The minimum absolute atomic E-state index is 0.00146. The number of nitrogens with one attached hydrogen (secondary N) is 1. The number of nitrogens with zero attached hydrogens (tertiary/aromatic N) is 2. The van der Waals surface area contributed by atoms with Crippen molar-refractivity contribution >= 4 is 22.9 Å². The summed E-state index contributed by atoms with van der Waals surface area (Å²) in [4.78, 5) is 28.7. The number of carbonyl (C=O) groups excluding carboxylic acids is 1. The lowest BCUT2D eigenvalue weighted by molar-refractivity contribution is -0.155. The summed E-state index contributed by atoms with van der Waals surface area (Å²) in [6.07, 6.45) is 1.68. The van der Waals surface area contributed by atoms with E-state index < -0.39 is 24.4 Å². The smallest absolute Gasteiger partial charge is 0.416 e. The van der Waals surface area contributed by atoms with E-state index in [-0.39, 0.29) is 36.2 Å². The second-order valence-electron chi connectivity index (χ2n) is 9.99. The molecule has 2 saturated carbocycles. The number of rotatable bonds is 7. The number of hydrogen-bond donors (Lipinski definition) is 2. The van der Waals surface area contributed by atoms with Gasteiger partial charge in [0.25, 0.3) is 5.91 Å². The first kappa shape index (κ1) is 24.3. The maximum Gasteiger partial charge on any atom is 0.416 e. The summed E-state index contributed by atoms with van der Waals surface area (Å²) >= 11 is 0. The highest BCUT2D eigenvalue weighted by molar-refractivity contribution is 6.07. The van der Waals surface area contributed by atoms with Crippen molar-refractivity contribution in [2.75, 3.05) is 6.67 Å². The number of amides is 1. The molecule has 2 heterocycles. The summed E-state index contributed by atoms with van der Waals surface area (Å²) in [5.41, 5.74) is 1.38. The number of alkyl halides is 4. The Hall–Kier alpha value is -3.43. The Kier molecular flexibility index (Phi) is 6.00. The van der Waals surface area contributed by atoms with E-state index in [0.29, 0.717) is 40.6 Å². The molecule has 2 fully saturated rings. The minimum atomic E-state index is -4.43. The van der Waals surface area contributed by atoms with Crippen LogP contribution in [0.4, 0.5) is 17.6 Å². The number of aryl methyl sites for hydroxylation is 1. The molecule has 0 bridgehead atoms. The van der Waals surface area contributed by atoms with E-state index in [2.05, 4.69) is 10.3 Å². The number of halogens is 4. The molecule has 1 aromatic carbocycles. The van der Waals surface area contributed by atoms with E-state index in [0.717, 1.165) is 25.0 Å². The molecule has 0 saturated heterocycles. The summed E-state index contributed by atoms with van der Waals surface area (Å²) in [5.74, 6) is -1.41. The van der Waals surface area contributed by atoms with Crippen molar-refractivity contribution in [2.24, 2.45) is 11.3 Å². The summed E-state index contributed by atoms with van der Waals surface area (Å²) in [5, 5.41) is 12.7. The molecule has 1 spiro atoms. The predicted molar refractivity (Wildman–Crippen MR) is 123 cm³/mol. The highest BCUT2D eigenvalue weighted by atomic mass is 19.4. The van der Waals surface area contributed by atoms with Crippen molar-refractivity contribution < 1.29 is 32.3 Å². The Morgan fingerprint density at radius 2 is 1.81 bits per heavy atom. The molecule has 36 heavy (non-hydrogen) atoms. The number of carbonyl (C=O) groups is 2. The van der Waals surface area contributed by atoms with Gasteiger partial charge in [0.2, 0.25) is 0 Å². The molecule has 0 unspecified atom stereocenters. The fourth-order valence-electron chi connectivity index (χ4n) is 5.74. The molecule has 3 aromatic rings. The van der Waals surface area contributed by atoms with Crippen molar-refractivity contribution in [1.29, 1.82) is 0 Å². The molecule has 2 aliphatic rings. The highest BCUT2D eigenvalue weighted by Crippen LogP contribution is 2.58. The quantitative estimate of drug-likeness (QED) is 0.445. The summed E-state index contributed by atoms with van der Waals surface area (Å²) in [7, 11) is 0. The zero-order valence-electron chi connectivity index (χ0n) is 19.3. The normalized spacial score (nSPS) is 23.3. The second kappa shape index (κ2) is 8.90. The van der Waals surface area contributed by atoms with Gasteiger partial charge in [0, 0.05) is 23.8 Å². The third-order valence-electron chi connectivity index (χ3n) is 7.49. The molecule has 5 rings (SSSR count). The van der Waals surface area contributed by atoms with Gasteiger partial charge in [0.15, 0.2) is 0 Å². The first-order valence-corrected chi connectivity index (χ1v) is 11.8. The standard InChI is InChI=1S/C26H25F4N3O3/c27-6-8-33-14-20(23(34)32-19-12-25(13-19)10-17(11-25)24(35)36)21-16(5-7-31-22(21)33)9-15-1-3-18(4-2-15)26(28,29)30/h1-5,7,14,17,19H,6,8-13H2,(H,32,34)(H,35,36)/t17-,19-,25?. The maximum atomic E-state index is 13.3. The van der Waals surface area contributed by atoms with Crippen LogP contribution in [-0.4, -0.2) is 39.3 Å². The van der Waals surface area contributed by atoms with Gasteiger partial charge < -0.3 is 15.0 Å². The van der Waals surface area contributed by atoms with E-state index in [9.17, 15) is 27.2 Å². The zero-order valence-corrected chi connectivity index (χ0v) is 19.3. The fourth-order valence-corrected chi connectivity index (χ4v) is 5.74. The SMILES string of the molecule is O=C(N[C@H]1CC2(C1)C[C@H](C(=O)O)C2)c1cn(CCF)c2nccc(Cc3ccc(C(F)(F)F)cc3)c12. The van der Waals surface area contributed by atoms with Gasteiger partial charge in [-0.2, -0.15) is 13.2 Å². The molecule has 10 heteroatoms. The number of aliphatic carboxylic acids is 1. The van der Waals surface area contributed by atoms with E-state index in [1.807, 2.05) is 0 Å². The Bertz CT molecular complexity index is 1300. The second-order valence-corrected chi connectivity index (χ2v) is 9.99. The third kappa shape index (κ3) is 4.44. The average Bonchev–Trinajstić information content (AvgIpc) is 3.14. The van der Waals surface area contributed by atoms with Crippen molar-refractivity contribution in [3.8, 4) is 0 Å². The van der Waals surface area contributed by atoms with Gasteiger partial charge in [-0.15, -0.1) is 0 Å². The lowest BCUT2D eigenvalue weighted by atomic mass is 9.50. The molecule has 2 N–H and O–H groups in total. The molecular formula is C26H25F4N3O3.